The Morgan fingerprint density at radius 1 is 1.62 bits per heavy atom. The molecule has 1 aliphatic heterocycles. The van der Waals surface area contributed by atoms with Gasteiger partial charge in [0.2, 0.25) is 5.91 Å². The molecule has 0 bridgehead atoms. The van der Waals surface area contributed by atoms with E-state index in [1.54, 1.807) is 0 Å². The molecule has 1 atom stereocenters. The van der Waals surface area contributed by atoms with Gasteiger partial charge in [-0.2, -0.15) is 5.10 Å². The van der Waals surface area contributed by atoms with E-state index in [2.05, 4.69) is 31.7 Å². The minimum Gasteiger partial charge on any atom is -0.355 e. The lowest BCUT2D eigenvalue weighted by Gasteiger charge is -2.13. The number of nitrogens with zero attached hydrogens (tertiary/aromatic N) is 2. The number of halogens is 1. The molecule has 5 nitrogen and oxygen atoms in total. The second-order valence-electron chi connectivity index (χ2n) is 3.77. The summed E-state index contributed by atoms with van der Waals surface area (Å²) in [6.45, 7) is 4.34. The lowest BCUT2D eigenvalue weighted by molar-refractivity contribution is -0.121. The summed E-state index contributed by atoms with van der Waals surface area (Å²) >= 11 is 3.52. The number of carbonyl (C=O) groups excluding carboxylic acids is 1. The maximum Gasteiger partial charge on any atom is 0.221 e. The summed E-state index contributed by atoms with van der Waals surface area (Å²) in [7, 11) is 0. The van der Waals surface area contributed by atoms with E-state index in [4.69, 9.17) is 0 Å². The number of rotatable bonds is 2. The second kappa shape index (κ2) is 4.97. The Labute approximate surface area is 103 Å². The Bertz CT molecular complexity index is 390. The third-order valence-electron chi connectivity index (χ3n) is 2.70. The van der Waals surface area contributed by atoms with Crippen molar-refractivity contribution in [2.45, 2.75) is 25.9 Å². The molecule has 6 heteroatoms. The van der Waals surface area contributed by atoms with Gasteiger partial charge in [-0.25, -0.2) is 0 Å². The number of amides is 1. The molecule has 0 saturated carbocycles. The third-order valence-corrected chi connectivity index (χ3v) is 3.57. The van der Waals surface area contributed by atoms with E-state index in [0.29, 0.717) is 13.0 Å². The fourth-order valence-electron chi connectivity index (χ4n) is 1.84. The van der Waals surface area contributed by atoms with Gasteiger partial charge < -0.3 is 10.6 Å². The van der Waals surface area contributed by atoms with Crippen LogP contribution in [-0.2, 0) is 11.3 Å². The van der Waals surface area contributed by atoms with Crippen LogP contribution in [0.3, 0.4) is 0 Å². The van der Waals surface area contributed by atoms with Gasteiger partial charge in [0, 0.05) is 37.7 Å². The molecule has 0 aromatic carbocycles. The molecule has 0 spiro atoms. The molecule has 0 radical (unpaired) electrons. The van der Waals surface area contributed by atoms with Crippen molar-refractivity contribution < 1.29 is 4.79 Å². The molecule has 2 heterocycles. The number of hydrogen-bond acceptors (Lipinski definition) is 3. The van der Waals surface area contributed by atoms with E-state index in [0.717, 1.165) is 23.3 Å². The Hall–Kier alpha value is -0.880. The lowest BCUT2D eigenvalue weighted by atomic mass is 10.1. The van der Waals surface area contributed by atoms with Gasteiger partial charge in [0.1, 0.15) is 4.60 Å². The van der Waals surface area contributed by atoms with Crippen LogP contribution in [0.5, 0.6) is 0 Å². The molecule has 1 fully saturated rings. The highest BCUT2D eigenvalue weighted by molar-refractivity contribution is 9.10. The molecule has 16 heavy (non-hydrogen) atoms. The van der Waals surface area contributed by atoms with Gasteiger partial charge in [0.05, 0.1) is 6.20 Å². The molecular weight excluding hydrogens is 272 g/mol. The van der Waals surface area contributed by atoms with E-state index >= 15 is 0 Å². The summed E-state index contributed by atoms with van der Waals surface area (Å²) in [5.41, 5.74) is 1.05. The van der Waals surface area contributed by atoms with Gasteiger partial charge in [-0.1, -0.05) is 0 Å². The molecule has 1 unspecified atom stereocenters. The Kier molecular flexibility index (Phi) is 3.60. The van der Waals surface area contributed by atoms with Crippen molar-refractivity contribution in [1.29, 1.82) is 0 Å². The van der Waals surface area contributed by atoms with Crippen LogP contribution >= 0.6 is 15.9 Å². The summed E-state index contributed by atoms with van der Waals surface area (Å²) in [6, 6.07) is 0.0529. The minimum absolute atomic E-state index is 0.0529. The number of aromatic nitrogens is 2. The summed E-state index contributed by atoms with van der Waals surface area (Å²) < 4.78 is 2.84. The van der Waals surface area contributed by atoms with E-state index in [1.807, 2.05) is 17.8 Å². The van der Waals surface area contributed by atoms with Gasteiger partial charge in [-0.3, -0.25) is 9.48 Å². The summed E-state index contributed by atoms with van der Waals surface area (Å²) in [5, 5.41) is 10.4. The molecule has 1 aromatic rings. The molecule has 2 N–H and O–H groups in total. The van der Waals surface area contributed by atoms with Crippen LogP contribution in [0.1, 0.15) is 24.9 Å². The van der Waals surface area contributed by atoms with E-state index in [9.17, 15) is 4.79 Å². The first kappa shape index (κ1) is 11.6. The molecule has 2 rings (SSSR count). The van der Waals surface area contributed by atoms with Crippen molar-refractivity contribution in [3.05, 3.63) is 16.4 Å². The third kappa shape index (κ3) is 2.27. The zero-order chi connectivity index (χ0) is 11.5. The number of nitrogens with one attached hydrogen (secondary N) is 2. The summed E-state index contributed by atoms with van der Waals surface area (Å²) in [6.07, 6.45) is 2.29. The van der Waals surface area contributed by atoms with Crippen LogP contribution in [0.4, 0.5) is 0 Å². The van der Waals surface area contributed by atoms with Crippen LogP contribution in [0, 0.1) is 0 Å². The van der Waals surface area contributed by atoms with Gasteiger partial charge >= 0.3 is 0 Å². The van der Waals surface area contributed by atoms with Gasteiger partial charge in [0.25, 0.3) is 0 Å². The number of aryl methyl sites for hydroxylation is 1. The zero-order valence-corrected chi connectivity index (χ0v) is 10.7. The molecular formula is C10H15BrN4O. The van der Waals surface area contributed by atoms with Crippen LogP contribution in [-0.4, -0.2) is 28.8 Å². The molecule has 1 aromatic heterocycles. The molecule has 1 aliphatic rings. The van der Waals surface area contributed by atoms with Gasteiger partial charge in [-0.05, 0) is 22.9 Å². The largest absolute Gasteiger partial charge is 0.355 e. The highest BCUT2D eigenvalue weighted by Crippen LogP contribution is 2.26. The Balaban J connectivity index is 2.21. The number of hydrogen-bond donors (Lipinski definition) is 2. The highest BCUT2D eigenvalue weighted by atomic mass is 79.9. The summed E-state index contributed by atoms with van der Waals surface area (Å²) in [5.74, 6) is 0.0890. The normalized spacial score (nSPS) is 21.6. The topological polar surface area (TPSA) is 59.0 Å². The quantitative estimate of drug-likeness (QED) is 0.846. The predicted molar refractivity (Wildman–Crippen MR) is 64.0 cm³/mol. The Morgan fingerprint density at radius 2 is 2.44 bits per heavy atom. The molecule has 88 valence electrons. The van der Waals surface area contributed by atoms with Crippen molar-refractivity contribution >= 4 is 21.8 Å². The fraction of sp³-hybridized carbons (Fsp3) is 0.600. The highest BCUT2D eigenvalue weighted by Gasteiger charge is 2.22. The van der Waals surface area contributed by atoms with Gasteiger partial charge in [0.15, 0.2) is 0 Å². The van der Waals surface area contributed by atoms with E-state index in [-0.39, 0.29) is 11.9 Å². The molecule has 1 saturated heterocycles. The first-order valence-corrected chi connectivity index (χ1v) is 6.23. The summed E-state index contributed by atoms with van der Waals surface area (Å²) in [4.78, 5) is 11.5. The van der Waals surface area contributed by atoms with Crippen LogP contribution in [0.25, 0.3) is 0 Å². The smallest absolute Gasteiger partial charge is 0.221 e. The standard InChI is InChI=1S/C10H15BrN4O/c1-2-15-10(11)7(6-14-15)8-5-9(16)13-4-3-12-8/h6,8,12H,2-5H2,1H3,(H,13,16). The maximum atomic E-state index is 11.5. The molecule has 1 amide bonds. The monoisotopic (exact) mass is 286 g/mol. The van der Waals surface area contributed by atoms with Crippen molar-refractivity contribution in [3.63, 3.8) is 0 Å². The second-order valence-corrected chi connectivity index (χ2v) is 4.52. The molecule has 0 aliphatic carbocycles. The minimum atomic E-state index is 0.0529. The Morgan fingerprint density at radius 3 is 3.12 bits per heavy atom. The van der Waals surface area contributed by atoms with Crippen molar-refractivity contribution in [1.82, 2.24) is 20.4 Å². The predicted octanol–water partition coefficient (Wildman–Crippen LogP) is 0.816. The van der Waals surface area contributed by atoms with Gasteiger partial charge in [-0.15, -0.1) is 0 Å². The fourth-order valence-corrected chi connectivity index (χ4v) is 2.56. The van der Waals surface area contributed by atoms with E-state index in [1.165, 1.54) is 0 Å². The van der Waals surface area contributed by atoms with Crippen molar-refractivity contribution in [3.8, 4) is 0 Å². The zero-order valence-electron chi connectivity index (χ0n) is 9.16. The maximum absolute atomic E-state index is 11.5. The lowest BCUT2D eigenvalue weighted by Crippen LogP contribution is -2.24. The van der Waals surface area contributed by atoms with Crippen LogP contribution < -0.4 is 10.6 Å². The van der Waals surface area contributed by atoms with Crippen molar-refractivity contribution in [2.75, 3.05) is 13.1 Å². The first-order chi connectivity index (χ1) is 7.72. The average molecular weight is 287 g/mol. The van der Waals surface area contributed by atoms with Crippen LogP contribution in [0.15, 0.2) is 10.8 Å². The van der Waals surface area contributed by atoms with Crippen LogP contribution in [0.2, 0.25) is 0 Å². The van der Waals surface area contributed by atoms with E-state index < -0.39 is 0 Å². The van der Waals surface area contributed by atoms with Crippen molar-refractivity contribution in [2.24, 2.45) is 0 Å². The first-order valence-electron chi connectivity index (χ1n) is 5.43. The average Bonchev–Trinajstić information content (AvgIpc) is 2.50. The SMILES string of the molecule is CCn1ncc(C2CC(=O)NCCN2)c1Br. The number of carbonyl (C=O) groups is 1.